The van der Waals surface area contributed by atoms with Crippen molar-refractivity contribution < 1.29 is 23.1 Å². The number of rotatable bonds is 3. The Bertz CT molecular complexity index is 775. The second-order valence-electron chi connectivity index (χ2n) is 4.15. The lowest BCUT2D eigenvalue weighted by Gasteiger charge is -2.10. The fourth-order valence-corrected chi connectivity index (χ4v) is 3.70. The fraction of sp³-hybridized carbons (Fsp3) is 0.143. The molecule has 0 spiro atoms. The molecule has 114 valence electrons. The average Bonchev–Trinajstić information content (AvgIpc) is 2.85. The summed E-state index contributed by atoms with van der Waals surface area (Å²) in [4.78, 5) is 11.0. The van der Waals surface area contributed by atoms with Gasteiger partial charge in [0.1, 0.15) is 6.07 Å². The predicted molar refractivity (Wildman–Crippen MR) is 75.6 cm³/mol. The van der Waals surface area contributed by atoms with Gasteiger partial charge in [0.05, 0.1) is 26.2 Å². The first-order valence-corrected chi connectivity index (χ1v) is 7.83. The third-order valence-electron chi connectivity index (χ3n) is 2.84. The normalized spacial score (nSPS) is 11.2. The maximum atomic E-state index is 12.8. The highest BCUT2D eigenvalue weighted by Gasteiger charge is 2.31. The van der Waals surface area contributed by atoms with E-state index in [0.29, 0.717) is 4.21 Å². The van der Waals surface area contributed by atoms with Gasteiger partial charge in [0.25, 0.3) is 0 Å². The second kappa shape index (κ2) is 6.02. The van der Waals surface area contributed by atoms with Crippen LogP contribution in [0.5, 0.6) is 0 Å². The minimum Gasteiger partial charge on any atom is -0.544 e. The molecule has 22 heavy (non-hydrogen) atoms. The van der Waals surface area contributed by atoms with Gasteiger partial charge < -0.3 is 9.90 Å². The van der Waals surface area contributed by atoms with Gasteiger partial charge in [-0.15, -0.1) is 23.1 Å². The molecule has 1 aromatic carbocycles. The molecule has 0 aliphatic rings. The van der Waals surface area contributed by atoms with Crippen LogP contribution in [0.1, 0.15) is 20.8 Å². The molecule has 0 unspecified atom stereocenters. The first kappa shape index (κ1) is 16.4. The molecule has 0 atom stereocenters. The van der Waals surface area contributed by atoms with Crippen molar-refractivity contribution in [3.63, 3.8) is 0 Å². The number of carboxylic acid groups (broad SMARTS) is 1. The molecule has 1 heterocycles. The lowest BCUT2D eigenvalue weighted by Crippen LogP contribution is -2.21. The quantitative estimate of drug-likeness (QED) is 0.802. The summed E-state index contributed by atoms with van der Waals surface area (Å²) >= 11 is 1.98. The molecule has 2 rings (SSSR count). The van der Waals surface area contributed by atoms with Crippen LogP contribution < -0.4 is 5.11 Å². The maximum Gasteiger partial charge on any atom is 0.416 e. The van der Waals surface area contributed by atoms with Crippen LogP contribution in [0.3, 0.4) is 0 Å². The van der Waals surface area contributed by atoms with E-state index >= 15 is 0 Å². The summed E-state index contributed by atoms with van der Waals surface area (Å²) in [5, 5.41) is 20.5. The van der Waals surface area contributed by atoms with E-state index in [9.17, 15) is 28.3 Å². The molecule has 0 amide bonds. The zero-order chi connectivity index (χ0) is 16.5. The zero-order valence-corrected chi connectivity index (χ0v) is 12.7. The van der Waals surface area contributed by atoms with E-state index in [2.05, 4.69) is 0 Å². The van der Waals surface area contributed by atoms with E-state index in [1.54, 1.807) is 6.26 Å². The van der Waals surface area contributed by atoms with Gasteiger partial charge in [-0.1, -0.05) is 12.1 Å². The molecule has 0 radical (unpaired) electrons. The van der Waals surface area contributed by atoms with Gasteiger partial charge in [0.2, 0.25) is 0 Å². The minimum absolute atomic E-state index is 0.0250. The number of thioether (sulfide) groups is 1. The first-order valence-electron chi connectivity index (χ1n) is 5.79. The topological polar surface area (TPSA) is 63.9 Å². The van der Waals surface area contributed by atoms with Crippen LogP contribution >= 0.6 is 23.1 Å². The highest BCUT2D eigenvalue weighted by atomic mass is 32.2. The van der Waals surface area contributed by atoms with Crippen molar-refractivity contribution in [3.8, 4) is 17.2 Å². The standard InChI is InChI=1S/C14H8F3NO2S2/c1-21-13-9(6-18)10(11(22-13)12(19)20)7-3-2-4-8(5-7)14(15,16)17/h2-5H,1H3,(H,19,20)/p-1. The van der Waals surface area contributed by atoms with Gasteiger partial charge in [0, 0.05) is 5.56 Å². The molecule has 1 aromatic heterocycles. The Morgan fingerprint density at radius 2 is 2.09 bits per heavy atom. The summed E-state index contributed by atoms with van der Waals surface area (Å²) in [7, 11) is 0. The number of hydrogen-bond acceptors (Lipinski definition) is 5. The summed E-state index contributed by atoms with van der Waals surface area (Å²) in [6.07, 6.45) is -2.90. The molecule has 0 bridgehead atoms. The van der Waals surface area contributed by atoms with E-state index in [4.69, 9.17) is 0 Å². The van der Waals surface area contributed by atoms with Crippen molar-refractivity contribution in [2.24, 2.45) is 0 Å². The Morgan fingerprint density at radius 1 is 1.41 bits per heavy atom. The summed E-state index contributed by atoms with van der Waals surface area (Å²) in [6.45, 7) is 0. The molecular formula is C14H7F3NO2S2-. The average molecular weight is 342 g/mol. The lowest BCUT2D eigenvalue weighted by atomic mass is 10.00. The highest BCUT2D eigenvalue weighted by molar-refractivity contribution is 8.00. The second-order valence-corrected chi connectivity index (χ2v) is 6.25. The molecular weight excluding hydrogens is 335 g/mol. The van der Waals surface area contributed by atoms with E-state index in [0.717, 1.165) is 35.2 Å². The number of halogens is 3. The lowest BCUT2D eigenvalue weighted by molar-refractivity contribution is -0.254. The molecule has 0 saturated heterocycles. The monoisotopic (exact) mass is 342 g/mol. The number of hydrogen-bond donors (Lipinski definition) is 0. The Balaban J connectivity index is 2.74. The minimum atomic E-state index is -4.55. The van der Waals surface area contributed by atoms with Crippen molar-refractivity contribution in [2.75, 3.05) is 6.26 Å². The van der Waals surface area contributed by atoms with Crippen LogP contribution in [-0.2, 0) is 6.18 Å². The van der Waals surface area contributed by atoms with Crippen LogP contribution in [0.2, 0.25) is 0 Å². The summed E-state index contributed by atoms with van der Waals surface area (Å²) < 4.78 is 38.8. The smallest absolute Gasteiger partial charge is 0.416 e. The van der Waals surface area contributed by atoms with Gasteiger partial charge >= 0.3 is 6.18 Å². The number of thiophene rings is 1. The molecule has 0 aliphatic carbocycles. The number of carbonyl (C=O) groups excluding carboxylic acids is 1. The number of alkyl halides is 3. The molecule has 2 aromatic rings. The van der Waals surface area contributed by atoms with E-state index in [1.807, 2.05) is 6.07 Å². The molecule has 0 N–H and O–H groups in total. The van der Waals surface area contributed by atoms with E-state index in [1.165, 1.54) is 12.1 Å². The third-order valence-corrected chi connectivity index (χ3v) is 5.13. The maximum absolute atomic E-state index is 12.8. The number of carboxylic acids is 1. The molecule has 0 saturated carbocycles. The van der Waals surface area contributed by atoms with Crippen molar-refractivity contribution >= 4 is 29.1 Å². The highest BCUT2D eigenvalue weighted by Crippen LogP contribution is 2.41. The Kier molecular flexibility index (Phi) is 4.49. The molecule has 0 aliphatic heterocycles. The molecule has 8 heteroatoms. The summed E-state index contributed by atoms with van der Waals surface area (Å²) in [5.41, 5.74) is -0.851. The van der Waals surface area contributed by atoms with E-state index in [-0.39, 0.29) is 21.6 Å². The Labute approximate surface area is 132 Å². The number of nitrogens with zero attached hydrogens (tertiary/aromatic N) is 1. The van der Waals surface area contributed by atoms with Crippen LogP contribution in [0.15, 0.2) is 28.5 Å². The zero-order valence-electron chi connectivity index (χ0n) is 11.0. The largest absolute Gasteiger partial charge is 0.544 e. The number of carbonyl (C=O) groups is 1. The Morgan fingerprint density at radius 3 is 2.59 bits per heavy atom. The van der Waals surface area contributed by atoms with Crippen molar-refractivity contribution in [1.82, 2.24) is 0 Å². The van der Waals surface area contributed by atoms with Gasteiger partial charge in [0.15, 0.2) is 0 Å². The predicted octanol–water partition coefficient (Wildman–Crippen LogP) is 3.39. The van der Waals surface area contributed by atoms with E-state index < -0.39 is 17.7 Å². The van der Waals surface area contributed by atoms with Gasteiger partial charge in [-0.3, -0.25) is 0 Å². The van der Waals surface area contributed by atoms with Crippen molar-refractivity contribution in [2.45, 2.75) is 10.4 Å². The van der Waals surface area contributed by atoms with Gasteiger partial charge in [-0.05, 0) is 24.0 Å². The molecule has 0 fully saturated rings. The van der Waals surface area contributed by atoms with Gasteiger partial charge in [-0.25, -0.2) is 0 Å². The van der Waals surface area contributed by atoms with Crippen molar-refractivity contribution in [1.29, 1.82) is 5.26 Å². The van der Waals surface area contributed by atoms with Crippen LogP contribution in [-0.4, -0.2) is 12.2 Å². The first-order chi connectivity index (χ1) is 10.3. The fourth-order valence-electron chi connectivity index (χ4n) is 1.93. The third kappa shape index (κ3) is 2.96. The summed E-state index contributed by atoms with van der Waals surface area (Å²) in [5.74, 6) is -1.52. The number of benzene rings is 1. The molecule has 3 nitrogen and oxygen atoms in total. The summed E-state index contributed by atoms with van der Waals surface area (Å²) in [6, 6.07) is 6.10. The van der Waals surface area contributed by atoms with Crippen LogP contribution in [0.4, 0.5) is 13.2 Å². The Hall–Kier alpha value is -1.98. The van der Waals surface area contributed by atoms with Crippen LogP contribution in [0.25, 0.3) is 11.1 Å². The SMILES string of the molecule is CSc1sc(C(=O)[O-])c(-c2cccc(C(F)(F)F)c2)c1C#N. The van der Waals surface area contributed by atoms with Gasteiger partial charge in [-0.2, -0.15) is 18.4 Å². The number of nitriles is 1. The number of aromatic carboxylic acids is 1. The van der Waals surface area contributed by atoms with Crippen LogP contribution in [0, 0.1) is 11.3 Å². The van der Waals surface area contributed by atoms with Crippen molar-refractivity contribution in [3.05, 3.63) is 40.3 Å².